The molecule has 24 heavy (non-hydrogen) atoms. The van der Waals surface area contributed by atoms with E-state index in [2.05, 4.69) is 10.3 Å². The number of nitrogens with two attached hydrogens (primary N) is 2. The molecule has 1 unspecified atom stereocenters. The molecule has 1 aliphatic heterocycles. The molecular formula is C16H19F3N4O. The van der Waals surface area contributed by atoms with Crippen molar-refractivity contribution in [2.24, 2.45) is 16.5 Å². The molecule has 0 radical (unpaired) electrons. The normalized spacial score (nSPS) is 25.0. The molecule has 0 aromatic heterocycles. The molecule has 1 aromatic rings. The van der Waals surface area contributed by atoms with Gasteiger partial charge in [-0.1, -0.05) is 0 Å². The van der Waals surface area contributed by atoms with Crippen LogP contribution in [0.3, 0.4) is 0 Å². The Hall–Kier alpha value is -2.22. The summed E-state index contributed by atoms with van der Waals surface area (Å²) < 4.78 is 44.1. The molecule has 1 aliphatic carbocycles. The van der Waals surface area contributed by atoms with Gasteiger partial charge in [-0.15, -0.1) is 0 Å². The van der Waals surface area contributed by atoms with Gasteiger partial charge in [0, 0.05) is 11.8 Å². The molecule has 0 saturated heterocycles. The molecule has 0 amide bonds. The molecule has 1 atom stereocenters. The molecule has 8 heteroatoms. The van der Waals surface area contributed by atoms with Crippen LogP contribution < -0.4 is 21.5 Å². The van der Waals surface area contributed by atoms with E-state index in [0.29, 0.717) is 11.3 Å². The number of ether oxygens (including phenoxy) is 1. The van der Waals surface area contributed by atoms with Crippen molar-refractivity contribution >= 4 is 5.84 Å². The van der Waals surface area contributed by atoms with Gasteiger partial charge >= 0.3 is 6.18 Å². The third-order valence-electron chi connectivity index (χ3n) is 4.21. The van der Waals surface area contributed by atoms with Gasteiger partial charge in [0.1, 0.15) is 17.2 Å². The molecule has 1 fully saturated rings. The lowest BCUT2D eigenvalue weighted by Crippen LogP contribution is -2.51. The van der Waals surface area contributed by atoms with Gasteiger partial charge in [0.15, 0.2) is 0 Å². The van der Waals surface area contributed by atoms with E-state index < -0.39 is 23.4 Å². The number of rotatable bonds is 3. The van der Waals surface area contributed by atoms with Gasteiger partial charge in [-0.3, -0.25) is 5.73 Å². The van der Waals surface area contributed by atoms with Gasteiger partial charge in [-0.2, -0.15) is 13.2 Å². The van der Waals surface area contributed by atoms with E-state index in [1.54, 1.807) is 24.3 Å². The number of hydrogen-bond acceptors (Lipinski definition) is 5. The van der Waals surface area contributed by atoms with Crippen LogP contribution in [0.2, 0.25) is 0 Å². The van der Waals surface area contributed by atoms with Crippen molar-refractivity contribution in [3.05, 3.63) is 41.6 Å². The Morgan fingerprint density at radius 3 is 2.33 bits per heavy atom. The fraction of sp³-hybridized carbons (Fsp3) is 0.438. The average Bonchev–Trinajstić information content (AvgIpc) is 2.99. The first-order chi connectivity index (χ1) is 11.3. The summed E-state index contributed by atoms with van der Waals surface area (Å²) in [7, 11) is 0. The molecule has 0 bridgehead atoms. The largest absolute Gasteiger partial charge is 0.490 e. The Balaban J connectivity index is 1.75. The third-order valence-corrected chi connectivity index (χ3v) is 4.21. The minimum atomic E-state index is -4.58. The van der Waals surface area contributed by atoms with Crippen molar-refractivity contribution in [2.75, 3.05) is 0 Å². The van der Waals surface area contributed by atoms with Crippen molar-refractivity contribution in [1.29, 1.82) is 0 Å². The Bertz CT molecular complexity index is 663. The van der Waals surface area contributed by atoms with Crippen LogP contribution >= 0.6 is 0 Å². The zero-order chi connectivity index (χ0) is 17.4. The summed E-state index contributed by atoms with van der Waals surface area (Å²) in [4.78, 5) is 3.80. The van der Waals surface area contributed by atoms with Crippen LogP contribution in [-0.4, -0.2) is 18.1 Å². The van der Waals surface area contributed by atoms with E-state index in [0.717, 1.165) is 19.0 Å². The van der Waals surface area contributed by atoms with E-state index >= 15 is 0 Å². The summed E-state index contributed by atoms with van der Waals surface area (Å²) in [5.41, 5.74) is 10.9. The molecule has 2 aliphatic rings. The van der Waals surface area contributed by atoms with Crippen LogP contribution in [0, 0.1) is 0 Å². The zero-order valence-electron chi connectivity index (χ0n) is 12.9. The maximum atomic E-state index is 12.8. The second-order valence-electron chi connectivity index (χ2n) is 6.01. The predicted octanol–water partition coefficient (Wildman–Crippen LogP) is 2.48. The fourth-order valence-corrected chi connectivity index (χ4v) is 2.90. The molecule has 1 saturated carbocycles. The van der Waals surface area contributed by atoms with Gasteiger partial charge in [0.05, 0.1) is 6.10 Å². The Morgan fingerprint density at radius 1 is 1.17 bits per heavy atom. The minimum absolute atomic E-state index is 0.224. The number of aliphatic imine (C=N–C) groups is 1. The number of alkyl halides is 3. The molecule has 1 heterocycles. The quantitative estimate of drug-likeness (QED) is 0.789. The van der Waals surface area contributed by atoms with Crippen molar-refractivity contribution < 1.29 is 17.9 Å². The van der Waals surface area contributed by atoms with Crippen LogP contribution in [-0.2, 0) is 5.79 Å². The molecule has 130 valence electrons. The van der Waals surface area contributed by atoms with Crippen molar-refractivity contribution in [1.82, 2.24) is 5.32 Å². The van der Waals surface area contributed by atoms with Crippen LogP contribution in [0.15, 0.2) is 41.0 Å². The predicted molar refractivity (Wildman–Crippen MR) is 84.1 cm³/mol. The highest BCUT2D eigenvalue weighted by Gasteiger charge is 2.41. The first kappa shape index (κ1) is 16.6. The topological polar surface area (TPSA) is 85.7 Å². The standard InChI is InChI=1S/C16H19F3N4O/c17-15(18,19)13-9-22-16(21,23-14(13)20)10-5-7-12(8-6-10)24-11-3-1-2-4-11/h5-9,11,22H,1-4,21H2,(H2,20,23). The van der Waals surface area contributed by atoms with Gasteiger partial charge < -0.3 is 15.8 Å². The first-order valence-electron chi connectivity index (χ1n) is 7.75. The van der Waals surface area contributed by atoms with Crippen molar-refractivity contribution in [2.45, 2.75) is 43.8 Å². The van der Waals surface area contributed by atoms with Crippen molar-refractivity contribution in [3.8, 4) is 5.75 Å². The van der Waals surface area contributed by atoms with E-state index in [1.165, 1.54) is 12.8 Å². The monoisotopic (exact) mass is 340 g/mol. The number of hydrogen-bond donors (Lipinski definition) is 3. The Kier molecular flexibility index (Phi) is 4.16. The summed E-state index contributed by atoms with van der Waals surface area (Å²) in [6.45, 7) is 0. The number of halogens is 3. The molecule has 1 aromatic carbocycles. The summed E-state index contributed by atoms with van der Waals surface area (Å²) in [5.74, 6) is -1.48. The summed E-state index contributed by atoms with van der Waals surface area (Å²) in [6.07, 6.45) is 0.806. The van der Waals surface area contributed by atoms with E-state index in [1.807, 2.05) is 0 Å². The second kappa shape index (κ2) is 6.01. The zero-order valence-corrected chi connectivity index (χ0v) is 12.9. The lowest BCUT2D eigenvalue weighted by molar-refractivity contribution is -0.0870. The molecular weight excluding hydrogens is 321 g/mol. The third kappa shape index (κ3) is 3.33. The van der Waals surface area contributed by atoms with Crippen molar-refractivity contribution in [3.63, 3.8) is 0 Å². The van der Waals surface area contributed by atoms with Gasteiger partial charge in [-0.05, 0) is 49.9 Å². The highest BCUT2D eigenvalue weighted by molar-refractivity contribution is 5.99. The van der Waals surface area contributed by atoms with E-state index in [4.69, 9.17) is 16.2 Å². The molecule has 5 nitrogen and oxygen atoms in total. The van der Waals surface area contributed by atoms with Gasteiger partial charge in [0.25, 0.3) is 0 Å². The number of benzene rings is 1. The number of amidine groups is 1. The lowest BCUT2D eigenvalue weighted by Gasteiger charge is -2.31. The summed E-state index contributed by atoms with van der Waals surface area (Å²) >= 11 is 0. The molecule has 5 N–H and O–H groups in total. The van der Waals surface area contributed by atoms with Crippen LogP contribution in [0.25, 0.3) is 0 Å². The number of nitrogens with one attached hydrogen (secondary N) is 1. The van der Waals surface area contributed by atoms with Crippen LogP contribution in [0.5, 0.6) is 5.75 Å². The highest BCUT2D eigenvalue weighted by Crippen LogP contribution is 2.31. The van der Waals surface area contributed by atoms with Gasteiger partial charge in [-0.25, -0.2) is 4.99 Å². The lowest BCUT2D eigenvalue weighted by atomic mass is 10.1. The maximum Gasteiger partial charge on any atom is 0.421 e. The SMILES string of the molecule is NC1=NC(N)(c2ccc(OC3CCCC3)cc2)NC=C1C(F)(F)F. The second-order valence-corrected chi connectivity index (χ2v) is 6.01. The summed E-state index contributed by atoms with van der Waals surface area (Å²) in [5, 5.41) is 2.48. The summed E-state index contributed by atoms with van der Waals surface area (Å²) in [6, 6.07) is 6.80. The highest BCUT2D eigenvalue weighted by atomic mass is 19.4. The Labute approximate surface area is 137 Å². The van der Waals surface area contributed by atoms with E-state index in [9.17, 15) is 13.2 Å². The van der Waals surface area contributed by atoms with Crippen LogP contribution in [0.4, 0.5) is 13.2 Å². The average molecular weight is 340 g/mol. The Morgan fingerprint density at radius 2 is 1.79 bits per heavy atom. The number of nitrogens with zero attached hydrogens (tertiary/aromatic N) is 1. The first-order valence-corrected chi connectivity index (χ1v) is 7.75. The molecule has 0 spiro atoms. The van der Waals surface area contributed by atoms with Gasteiger partial charge in [0.2, 0.25) is 5.79 Å². The van der Waals surface area contributed by atoms with E-state index in [-0.39, 0.29) is 6.10 Å². The fourth-order valence-electron chi connectivity index (χ4n) is 2.90. The minimum Gasteiger partial charge on any atom is -0.490 e. The molecule has 3 rings (SSSR count). The smallest absolute Gasteiger partial charge is 0.421 e. The maximum absolute atomic E-state index is 12.8. The van der Waals surface area contributed by atoms with Crippen LogP contribution in [0.1, 0.15) is 31.2 Å².